The van der Waals surface area contributed by atoms with Crippen molar-refractivity contribution in [2.24, 2.45) is 5.92 Å². The molecule has 0 saturated heterocycles. The number of carbonyl (C=O) groups excluding carboxylic acids is 1. The van der Waals surface area contributed by atoms with Crippen LogP contribution in [0.3, 0.4) is 0 Å². The number of benzene rings is 1. The second-order valence-corrected chi connectivity index (χ2v) is 5.40. The van der Waals surface area contributed by atoms with Gasteiger partial charge in [-0.25, -0.2) is 4.68 Å². The topological polar surface area (TPSA) is 46.9 Å². The van der Waals surface area contributed by atoms with Gasteiger partial charge in [0, 0.05) is 6.04 Å². The van der Waals surface area contributed by atoms with Gasteiger partial charge in [-0.3, -0.25) is 4.79 Å². The SMILES string of the molecule is Cc1c(C(=O)NC(C)C(C)C)cnn1-c1ccccc1. The van der Waals surface area contributed by atoms with Crippen molar-refractivity contribution in [1.29, 1.82) is 0 Å². The van der Waals surface area contributed by atoms with Gasteiger partial charge >= 0.3 is 0 Å². The van der Waals surface area contributed by atoms with Gasteiger partial charge in [0.25, 0.3) is 5.91 Å². The molecule has 0 aliphatic carbocycles. The lowest BCUT2D eigenvalue weighted by molar-refractivity contribution is 0.0930. The van der Waals surface area contributed by atoms with E-state index in [1.54, 1.807) is 10.9 Å². The van der Waals surface area contributed by atoms with Crippen molar-refractivity contribution in [3.63, 3.8) is 0 Å². The lowest BCUT2D eigenvalue weighted by Gasteiger charge is -2.17. The van der Waals surface area contributed by atoms with Crippen molar-refractivity contribution in [2.45, 2.75) is 33.7 Å². The van der Waals surface area contributed by atoms with Crippen LogP contribution >= 0.6 is 0 Å². The van der Waals surface area contributed by atoms with Crippen LogP contribution in [0.1, 0.15) is 36.8 Å². The summed E-state index contributed by atoms with van der Waals surface area (Å²) in [5.41, 5.74) is 2.44. The summed E-state index contributed by atoms with van der Waals surface area (Å²) in [7, 11) is 0. The molecule has 106 valence electrons. The van der Waals surface area contributed by atoms with Crippen molar-refractivity contribution < 1.29 is 4.79 Å². The third kappa shape index (κ3) is 2.90. The molecule has 0 spiro atoms. The third-order valence-corrected chi connectivity index (χ3v) is 3.61. The number of amides is 1. The fourth-order valence-corrected chi connectivity index (χ4v) is 1.91. The first kappa shape index (κ1) is 14.3. The van der Waals surface area contributed by atoms with E-state index < -0.39 is 0 Å². The van der Waals surface area contributed by atoms with Crippen molar-refractivity contribution in [2.75, 3.05) is 0 Å². The molecule has 4 heteroatoms. The lowest BCUT2D eigenvalue weighted by atomic mass is 10.1. The Kier molecular flexibility index (Phi) is 4.23. The number of rotatable bonds is 4. The summed E-state index contributed by atoms with van der Waals surface area (Å²) in [6.45, 7) is 8.10. The molecule has 1 unspecified atom stereocenters. The van der Waals surface area contributed by atoms with Crippen molar-refractivity contribution in [3.05, 3.63) is 47.8 Å². The monoisotopic (exact) mass is 271 g/mol. The second-order valence-electron chi connectivity index (χ2n) is 5.40. The molecule has 0 fully saturated rings. The van der Waals surface area contributed by atoms with E-state index in [4.69, 9.17) is 0 Å². The summed E-state index contributed by atoms with van der Waals surface area (Å²) < 4.78 is 1.79. The maximum Gasteiger partial charge on any atom is 0.254 e. The van der Waals surface area contributed by atoms with Crippen LogP contribution in [0, 0.1) is 12.8 Å². The van der Waals surface area contributed by atoms with Gasteiger partial charge in [-0.05, 0) is 31.9 Å². The normalized spacial score (nSPS) is 12.4. The quantitative estimate of drug-likeness (QED) is 0.929. The van der Waals surface area contributed by atoms with Gasteiger partial charge < -0.3 is 5.32 Å². The smallest absolute Gasteiger partial charge is 0.254 e. The molecule has 0 aliphatic rings. The Morgan fingerprint density at radius 1 is 1.20 bits per heavy atom. The molecule has 0 saturated carbocycles. The minimum atomic E-state index is -0.0640. The highest BCUT2D eigenvalue weighted by molar-refractivity contribution is 5.95. The van der Waals surface area contributed by atoms with Crippen LogP contribution in [0.15, 0.2) is 36.5 Å². The Morgan fingerprint density at radius 3 is 2.45 bits per heavy atom. The van der Waals surface area contributed by atoms with E-state index >= 15 is 0 Å². The number of nitrogens with one attached hydrogen (secondary N) is 1. The lowest BCUT2D eigenvalue weighted by Crippen LogP contribution is -2.36. The summed E-state index contributed by atoms with van der Waals surface area (Å²) >= 11 is 0. The Morgan fingerprint density at radius 2 is 1.85 bits per heavy atom. The van der Waals surface area contributed by atoms with Crippen LogP contribution in [0.25, 0.3) is 5.69 Å². The molecule has 2 rings (SSSR count). The summed E-state index contributed by atoms with van der Waals surface area (Å²) in [5, 5.41) is 7.32. The van der Waals surface area contributed by atoms with Gasteiger partial charge in [0.05, 0.1) is 23.1 Å². The van der Waals surface area contributed by atoms with Gasteiger partial charge in [0.1, 0.15) is 0 Å². The largest absolute Gasteiger partial charge is 0.349 e. The molecule has 1 aromatic heterocycles. The zero-order valence-corrected chi connectivity index (χ0v) is 12.4. The Hall–Kier alpha value is -2.10. The number of nitrogens with zero attached hydrogens (tertiary/aromatic N) is 2. The van der Waals surface area contributed by atoms with Crippen LogP contribution < -0.4 is 5.32 Å². The van der Waals surface area contributed by atoms with Gasteiger partial charge in [-0.2, -0.15) is 5.10 Å². The zero-order valence-electron chi connectivity index (χ0n) is 12.4. The predicted octanol–water partition coefficient (Wildman–Crippen LogP) is 2.96. The van der Waals surface area contributed by atoms with Crippen molar-refractivity contribution in [1.82, 2.24) is 15.1 Å². The standard InChI is InChI=1S/C16H21N3O/c1-11(2)12(3)18-16(20)15-10-17-19(13(15)4)14-8-6-5-7-9-14/h5-12H,1-4H3,(H,18,20). The number of para-hydroxylation sites is 1. The van der Waals surface area contributed by atoms with E-state index in [2.05, 4.69) is 24.3 Å². The Bertz CT molecular complexity index is 587. The Balaban J connectivity index is 2.23. The van der Waals surface area contributed by atoms with E-state index in [9.17, 15) is 4.79 Å². The number of aromatic nitrogens is 2. The van der Waals surface area contributed by atoms with E-state index in [0.717, 1.165) is 11.4 Å². The van der Waals surface area contributed by atoms with E-state index in [-0.39, 0.29) is 11.9 Å². The van der Waals surface area contributed by atoms with E-state index in [1.165, 1.54) is 0 Å². The van der Waals surface area contributed by atoms with Crippen molar-refractivity contribution >= 4 is 5.91 Å². The fraction of sp³-hybridized carbons (Fsp3) is 0.375. The average molecular weight is 271 g/mol. The predicted molar refractivity (Wildman–Crippen MR) is 80.1 cm³/mol. The molecule has 2 aromatic rings. The third-order valence-electron chi connectivity index (χ3n) is 3.61. The number of hydrogen-bond donors (Lipinski definition) is 1. The van der Waals surface area contributed by atoms with Crippen molar-refractivity contribution in [3.8, 4) is 5.69 Å². The molecule has 4 nitrogen and oxygen atoms in total. The van der Waals surface area contributed by atoms with Gasteiger partial charge in [0.15, 0.2) is 0 Å². The number of carbonyl (C=O) groups is 1. The maximum absolute atomic E-state index is 12.3. The minimum Gasteiger partial charge on any atom is -0.349 e. The van der Waals surface area contributed by atoms with E-state index in [0.29, 0.717) is 11.5 Å². The minimum absolute atomic E-state index is 0.0640. The molecular formula is C16H21N3O. The van der Waals surface area contributed by atoms with Gasteiger partial charge in [-0.15, -0.1) is 0 Å². The van der Waals surface area contributed by atoms with Crippen LogP contribution in [-0.4, -0.2) is 21.7 Å². The summed E-state index contributed by atoms with van der Waals surface area (Å²) in [4.78, 5) is 12.3. The van der Waals surface area contributed by atoms with Gasteiger partial charge in [-0.1, -0.05) is 32.0 Å². The van der Waals surface area contributed by atoms with Crippen LogP contribution in [0.4, 0.5) is 0 Å². The van der Waals surface area contributed by atoms with E-state index in [1.807, 2.05) is 44.2 Å². The highest BCUT2D eigenvalue weighted by Gasteiger charge is 2.17. The summed E-state index contributed by atoms with van der Waals surface area (Å²) in [5.74, 6) is 0.342. The zero-order chi connectivity index (χ0) is 14.7. The average Bonchev–Trinajstić information content (AvgIpc) is 2.81. The van der Waals surface area contributed by atoms with Crippen LogP contribution in [-0.2, 0) is 0 Å². The second kappa shape index (κ2) is 5.90. The molecule has 0 radical (unpaired) electrons. The first-order chi connectivity index (χ1) is 9.50. The first-order valence-corrected chi connectivity index (χ1v) is 6.91. The first-order valence-electron chi connectivity index (χ1n) is 6.91. The van der Waals surface area contributed by atoms with Gasteiger partial charge in [0.2, 0.25) is 0 Å². The highest BCUT2D eigenvalue weighted by atomic mass is 16.1. The molecular weight excluding hydrogens is 250 g/mol. The Labute approximate surface area is 119 Å². The molecule has 1 atom stereocenters. The molecule has 1 heterocycles. The summed E-state index contributed by atoms with van der Waals surface area (Å²) in [6.07, 6.45) is 1.63. The number of hydrogen-bond acceptors (Lipinski definition) is 2. The molecule has 1 amide bonds. The molecule has 1 N–H and O–H groups in total. The highest BCUT2D eigenvalue weighted by Crippen LogP contribution is 2.14. The molecule has 0 aliphatic heterocycles. The summed E-state index contributed by atoms with van der Waals surface area (Å²) in [6, 6.07) is 9.95. The maximum atomic E-state index is 12.3. The van der Waals surface area contributed by atoms with Crippen LogP contribution in [0.5, 0.6) is 0 Å². The fourth-order valence-electron chi connectivity index (χ4n) is 1.91. The molecule has 0 bridgehead atoms. The molecule has 1 aromatic carbocycles. The van der Waals surface area contributed by atoms with Crippen LogP contribution in [0.2, 0.25) is 0 Å². The molecule has 20 heavy (non-hydrogen) atoms.